The molecule has 5 nitrogen and oxygen atoms in total. The first kappa shape index (κ1) is 20.6. The Balaban J connectivity index is 1.63. The highest BCUT2D eigenvalue weighted by molar-refractivity contribution is 6.07. The van der Waals surface area contributed by atoms with Crippen LogP contribution in [0.15, 0.2) is 60.8 Å². The average molecular weight is 427 g/mol. The second-order valence-corrected chi connectivity index (χ2v) is 8.77. The van der Waals surface area contributed by atoms with E-state index in [0.29, 0.717) is 0 Å². The number of aromatic nitrogens is 3. The lowest BCUT2D eigenvalue weighted by molar-refractivity contribution is 0.0515. The summed E-state index contributed by atoms with van der Waals surface area (Å²) in [6, 6.07) is 18.7. The highest BCUT2D eigenvalue weighted by Gasteiger charge is 2.40. The number of benzene rings is 2. The van der Waals surface area contributed by atoms with Crippen LogP contribution in [0.25, 0.3) is 22.2 Å². The van der Waals surface area contributed by atoms with E-state index >= 15 is 0 Å². The lowest BCUT2D eigenvalue weighted by atomic mass is 9.87. The standard InChI is InChI=1S/C27H30N4O/c1-5-19-17-22-25(28-30(4)26(22)18-11-8-7-9-12-18)23(6-2)31(19)27(32)21-13-10-14-24-20(21)15-16-29(24)3/h7-16,19,23H,5-6,17H2,1-4H3. The van der Waals surface area contributed by atoms with Gasteiger partial charge in [-0.25, -0.2) is 0 Å². The molecule has 0 saturated carbocycles. The Morgan fingerprint density at radius 3 is 2.50 bits per heavy atom. The number of fused-ring (bicyclic) bond motifs is 2. The molecule has 0 fully saturated rings. The Hall–Kier alpha value is -3.34. The van der Waals surface area contributed by atoms with Gasteiger partial charge in [0.15, 0.2) is 0 Å². The van der Waals surface area contributed by atoms with Crippen molar-refractivity contribution in [2.75, 3.05) is 0 Å². The number of carbonyl (C=O) groups excluding carboxylic acids is 1. The third-order valence-electron chi connectivity index (χ3n) is 6.96. The van der Waals surface area contributed by atoms with Gasteiger partial charge in [-0.05, 0) is 37.5 Å². The van der Waals surface area contributed by atoms with Gasteiger partial charge in [-0.15, -0.1) is 0 Å². The minimum absolute atomic E-state index is 0.0289. The molecule has 0 spiro atoms. The van der Waals surface area contributed by atoms with Crippen LogP contribution in [0.4, 0.5) is 0 Å². The van der Waals surface area contributed by atoms with Crippen LogP contribution >= 0.6 is 0 Å². The summed E-state index contributed by atoms with van der Waals surface area (Å²) in [5, 5.41) is 5.98. The van der Waals surface area contributed by atoms with Crippen LogP contribution in [0.1, 0.15) is 54.3 Å². The summed E-state index contributed by atoms with van der Waals surface area (Å²) in [4.78, 5) is 16.1. The van der Waals surface area contributed by atoms with Crippen molar-refractivity contribution in [1.82, 2.24) is 19.2 Å². The number of carbonyl (C=O) groups is 1. The summed E-state index contributed by atoms with van der Waals surface area (Å²) < 4.78 is 4.07. The van der Waals surface area contributed by atoms with E-state index in [-0.39, 0.29) is 18.0 Å². The van der Waals surface area contributed by atoms with Crippen molar-refractivity contribution in [2.24, 2.45) is 14.1 Å². The third kappa shape index (κ3) is 3.07. The SMILES string of the molecule is CCC1Cc2c(nn(C)c2-c2ccccc2)C(CC)N1C(=O)c1cccc2c1ccn2C. The van der Waals surface area contributed by atoms with Gasteiger partial charge in [-0.1, -0.05) is 50.2 Å². The fourth-order valence-electron chi connectivity index (χ4n) is 5.40. The fourth-order valence-corrected chi connectivity index (χ4v) is 5.40. The molecule has 2 atom stereocenters. The molecule has 0 bridgehead atoms. The quantitative estimate of drug-likeness (QED) is 0.432. The van der Waals surface area contributed by atoms with Crippen LogP contribution in [-0.4, -0.2) is 31.2 Å². The minimum Gasteiger partial charge on any atom is -0.351 e. The first-order chi connectivity index (χ1) is 15.5. The van der Waals surface area contributed by atoms with Crippen LogP contribution < -0.4 is 0 Å². The largest absolute Gasteiger partial charge is 0.351 e. The Morgan fingerprint density at radius 1 is 1.00 bits per heavy atom. The normalized spacial score (nSPS) is 18.2. The van der Waals surface area contributed by atoms with Crippen molar-refractivity contribution in [1.29, 1.82) is 0 Å². The molecule has 1 aliphatic heterocycles. The summed E-state index contributed by atoms with van der Waals surface area (Å²) in [5.41, 5.74) is 6.56. The summed E-state index contributed by atoms with van der Waals surface area (Å²) >= 11 is 0. The number of aryl methyl sites for hydroxylation is 2. The predicted molar refractivity (Wildman–Crippen MR) is 129 cm³/mol. The first-order valence-corrected chi connectivity index (χ1v) is 11.5. The van der Waals surface area contributed by atoms with E-state index in [0.717, 1.165) is 41.4 Å². The average Bonchev–Trinajstić information content (AvgIpc) is 3.36. The van der Waals surface area contributed by atoms with E-state index in [1.165, 1.54) is 16.8 Å². The molecule has 5 heteroatoms. The summed E-state index contributed by atoms with van der Waals surface area (Å²) in [6.45, 7) is 4.34. The second kappa shape index (κ2) is 7.97. The van der Waals surface area contributed by atoms with Crippen molar-refractivity contribution in [3.63, 3.8) is 0 Å². The lowest BCUT2D eigenvalue weighted by Gasteiger charge is -2.41. The molecule has 0 aliphatic carbocycles. The van der Waals surface area contributed by atoms with Crippen LogP contribution in [0.2, 0.25) is 0 Å². The zero-order valence-electron chi connectivity index (χ0n) is 19.2. The van der Waals surface area contributed by atoms with E-state index in [1.807, 2.05) is 49.2 Å². The van der Waals surface area contributed by atoms with E-state index in [9.17, 15) is 4.79 Å². The van der Waals surface area contributed by atoms with Crippen LogP contribution in [0, 0.1) is 0 Å². The van der Waals surface area contributed by atoms with Gasteiger partial charge in [0.1, 0.15) is 0 Å². The maximum Gasteiger partial charge on any atom is 0.255 e. The van der Waals surface area contributed by atoms with Gasteiger partial charge >= 0.3 is 0 Å². The third-order valence-corrected chi connectivity index (χ3v) is 6.96. The minimum atomic E-state index is -0.0289. The first-order valence-electron chi connectivity index (χ1n) is 11.5. The second-order valence-electron chi connectivity index (χ2n) is 8.77. The van der Waals surface area contributed by atoms with Crippen molar-refractivity contribution in [2.45, 2.75) is 45.2 Å². The van der Waals surface area contributed by atoms with E-state index in [1.54, 1.807) is 0 Å². The molecule has 3 heterocycles. The zero-order valence-corrected chi connectivity index (χ0v) is 19.2. The summed E-state index contributed by atoms with van der Waals surface area (Å²) in [7, 11) is 4.04. The van der Waals surface area contributed by atoms with Crippen molar-refractivity contribution >= 4 is 16.8 Å². The Morgan fingerprint density at radius 2 is 1.78 bits per heavy atom. The number of amides is 1. The topological polar surface area (TPSA) is 43.1 Å². The van der Waals surface area contributed by atoms with Crippen LogP contribution in [-0.2, 0) is 20.5 Å². The molecule has 5 rings (SSSR count). The van der Waals surface area contributed by atoms with E-state index in [4.69, 9.17) is 5.10 Å². The fraction of sp³-hybridized carbons (Fsp3) is 0.333. The Kier molecular flexibility index (Phi) is 5.12. The van der Waals surface area contributed by atoms with Gasteiger partial charge in [0.05, 0.1) is 17.4 Å². The molecule has 0 N–H and O–H groups in total. The number of hydrogen-bond donors (Lipinski definition) is 0. The number of hydrogen-bond acceptors (Lipinski definition) is 2. The maximum atomic E-state index is 14.0. The van der Waals surface area contributed by atoms with Crippen molar-refractivity contribution in [3.05, 3.63) is 77.6 Å². The lowest BCUT2D eigenvalue weighted by Crippen LogP contribution is -2.47. The van der Waals surface area contributed by atoms with E-state index < -0.39 is 0 Å². The van der Waals surface area contributed by atoms with Gasteiger partial charge in [0, 0.05) is 53.9 Å². The van der Waals surface area contributed by atoms with Crippen LogP contribution in [0.3, 0.4) is 0 Å². The molecule has 1 aliphatic rings. The van der Waals surface area contributed by atoms with Gasteiger partial charge < -0.3 is 9.47 Å². The molecule has 0 saturated heterocycles. The molecule has 1 amide bonds. The highest BCUT2D eigenvalue weighted by Crippen LogP contribution is 2.41. The maximum absolute atomic E-state index is 14.0. The number of nitrogens with zero attached hydrogens (tertiary/aromatic N) is 4. The van der Waals surface area contributed by atoms with E-state index in [2.05, 4.69) is 53.6 Å². The van der Waals surface area contributed by atoms with Gasteiger partial charge in [-0.2, -0.15) is 5.10 Å². The van der Waals surface area contributed by atoms with Gasteiger partial charge in [-0.3, -0.25) is 9.48 Å². The van der Waals surface area contributed by atoms with Crippen molar-refractivity contribution in [3.8, 4) is 11.3 Å². The number of rotatable bonds is 4. The predicted octanol–water partition coefficient (Wildman–Crippen LogP) is 5.51. The molecule has 4 aromatic rings. The molecule has 32 heavy (non-hydrogen) atoms. The molecular weight excluding hydrogens is 396 g/mol. The summed E-state index contributed by atoms with van der Waals surface area (Å²) in [6.07, 6.45) is 4.60. The molecule has 2 unspecified atom stereocenters. The Bertz CT molecular complexity index is 1280. The molecule has 0 radical (unpaired) electrons. The molecule has 2 aromatic carbocycles. The van der Waals surface area contributed by atoms with Crippen molar-refractivity contribution < 1.29 is 4.79 Å². The smallest absolute Gasteiger partial charge is 0.255 e. The van der Waals surface area contributed by atoms with Gasteiger partial charge in [0.2, 0.25) is 0 Å². The molecule has 164 valence electrons. The molecular formula is C27H30N4O. The summed E-state index contributed by atoms with van der Waals surface area (Å²) in [5.74, 6) is 0.109. The monoisotopic (exact) mass is 426 g/mol. The van der Waals surface area contributed by atoms with Gasteiger partial charge in [0.25, 0.3) is 5.91 Å². The van der Waals surface area contributed by atoms with Crippen LogP contribution in [0.5, 0.6) is 0 Å². The molecule has 2 aromatic heterocycles. The zero-order chi connectivity index (χ0) is 22.4. The highest BCUT2D eigenvalue weighted by atomic mass is 16.2. The Labute approximate surface area is 189 Å².